The molecule has 0 unspecified atom stereocenters. The lowest BCUT2D eigenvalue weighted by Crippen LogP contribution is -2.26. The molecule has 0 aliphatic carbocycles. The second-order valence-electron chi connectivity index (χ2n) is 30.4. The monoisotopic (exact) mass is 1760 g/mol. The predicted molar refractivity (Wildman–Crippen MR) is 451 cm³/mol. The Balaban J connectivity index is 0.000000171. The minimum absolute atomic E-state index is 0.0511. The zero-order valence-corrected chi connectivity index (χ0v) is 73.3. The molecule has 0 amide bonds. The van der Waals surface area contributed by atoms with Gasteiger partial charge >= 0.3 is 23.9 Å². The van der Waals surface area contributed by atoms with Gasteiger partial charge in [0.25, 0.3) is 0 Å². The Morgan fingerprint density at radius 2 is 0.850 bits per heavy atom. The molecule has 6 heterocycles. The number of aromatic nitrogens is 2. The molecule has 2 atom stereocenters. The Morgan fingerprint density at radius 3 is 1.27 bits per heavy atom. The quantitative estimate of drug-likeness (QED) is 0.0412. The van der Waals surface area contributed by atoms with Crippen LogP contribution >= 0.6 is 11.6 Å². The van der Waals surface area contributed by atoms with Crippen LogP contribution in [-0.4, -0.2) is 137 Å². The molecular weight excluding hydrogens is 1670 g/mol. The van der Waals surface area contributed by atoms with Crippen molar-refractivity contribution in [3.63, 3.8) is 0 Å². The van der Waals surface area contributed by atoms with Gasteiger partial charge in [0, 0.05) is 88.9 Å². The van der Waals surface area contributed by atoms with Gasteiger partial charge in [0.15, 0.2) is 60.8 Å². The highest BCUT2D eigenvalue weighted by Crippen LogP contribution is 2.48. The lowest BCUT2D eigenvalue weighted by molar-refractivity contribution is -0.149. The smallest absolute Gasteiger partial charge is 0.374 e. The first-order chi connectivity index (χ1) is 55.8. The van der Waals surface area contributed by atoms with Gasteiger partial charge in [-0.3, -0.25) is 9.97 Å². The number of aryl methyl sites for hydroxylation is 1. The highest BCUT2D eigenvalue weighted by Gasteiger charge is 2.47. The van der Waals surface area contributed by atoms with Crippen LogP contribution in [0.4, 0.5) is 17.6 Å². The Hall–Kier alpha value is -10.8. The van der Waals surface area contributed by atoms with Crippen LogP contribution in [0.15, 0.2) is 224 Å². The fourth-order valence-electron chi connectivity index (χ4n) is 13.4. The zero-order valence-electron chi connectivity index (χ0n) is 68.5. The number of halogens is 5. The fourth-order valence-corrected chi connectivity index (χ4v) is 16.7. The third-order valence-electron chi connectivity index (χ3n) is 19.6. The predicted octanol–water partition coefficient (Wildman–Crippen LogP) is 17.2. The number of benzene rings is 7. The van der Waals surface area contributed by atoms with Gasteiger partial charge in [-0.25, -0.2) is 78.8 Å². The number of carbonyl (C=O) groups excluding carboxylic acids is 4. The van der Waals surface area contributed by atoms with E-state index >= 15 is 0 Å². The summed E-state index contributed by atoms with van der Waals surface area (Å²) < 4.78 is 197. The number of sulfone groups is 5. The van der Waals surface area contributed by atoms with Gasteiger partial charge in [-0.2, -0.15) is 0 Å². The van der Waals surface area contributed by atoms with E-state index < -0.39 is 107 Å². The van der Waals surface area contributed by atoms with Crippen molar-refractivity contribution in [3.8, 4) is 22.4 Å². The second-order valence-corrected chi connectivity index (χ2v) is 40.9. The Morgan fingerprint density at radius 1 is 0.433 bits per heavy atom. The number of ether oxygens (including phenoxy) is 5. The van der Waals surface area contributed by atoms with Gasteiger partial charge in [-0.05, 0) is 216 Å². The average Bonchev–Trinajstić information content (AvgIpc) is 1.60. The molecule has 0 N–H and O–H groups in total. The van der Waals surface area contributed by atoms with Crippen LogP contribution in [0.5, 0.6) is 0 Å². The number of esters is 4. The number of rotatable bonds is 19. The number of carbonyl (C=O) groups is 4. The van der Waals surface area contributed by atoms with E-state index in [1.807, 2.05) is 73.6 Å². The van der Waals surface area contributed by atoms with Crippen LogP contribution in [0.1, 0.15) is 128 Å². The summed E-state index contributed by atoms with van der Waals surface area (Å²) in [5, 5.41) is 0.515. The number of hydrogen-bond acceptors (Lipinski definition) is 21. The van der Waals surface area contributed by atoms with Crippen molar-refractivity contribution in [1.82, 2.24) is 9.97 Å². The first-order valence-electron chi connectivity index (χ1n) is 37.3. The van der Waals surface area contributed by atoms with Crippen LogP contribution in [0.2, 0.25) is 5.02 Å². The summed E-state index contributed by atoms with van der Waals surface area (Å²) in [4.78, 5) is 58.7. The van der Waals surface area contributed by atoms with E-state index in [-0.39, 0.29) is 71.2 Å². The highest BCUT2D eigenvalue weighted by atomic mass is 35.5. The van der Waals surface area contributed by atoms with Crippen LogP contribution in [-0.2, 0) is 92.0 Å². The van der Waals surface area contributed by atoms with Crippen molar-refractivity contribution in [2.24, 2.45) is 5.92 Å². The first-order valence-corrected chi connectivity index (χ1v) is 47.1. The minimum Gasteiger partial charge on any atom is -0.484 e. The Labute approximate surface area is 701 Å². The summed E-state index contributed by atoms with van der Waals surface area (Å²) >= 11 is 6.11. The van der Waals surface area contributed by atoms with Gasteiger partial charge < -0.3 is 23.7 Å². The van der Waals surface area contributed by atoms with Crippen LogP contribution < -0.4 is 0 Å². The van der Waals surface area contributed by atoms with Crippen LogP contribution in [0.3, 0.4) is 0 Å². The van der Waals surface area contributed by atoms with Crippen molar-refractivity contribution < 1.29 is 103 Å². The lowest BCUT2D eigenvalue weighted by atomic mass is 9.84. The van der Waals surface area contributed by atoms with Crippen molar-refractivity contribution in [1.29, 1.82) is 0 Å². The molecule has 0 radical (unpaired) electrons. The zero-order chi connectivity index (χ0) is 88.9. The van der Waals surface area contributed by atoms with Gasteiger partial charge in [0.05, 0.1) is 58.0 Å². The topological polar surface area (TPSA) is 311 Å². The van der Waals surface area contributed by atoms with E-state index in [2.05, 4.69) is 23.8 Å². The summed E-state index contributed by atoms with van der Waals surface area (Å²) in [6, 6.07) is 43.4. The van der Waals surface area contributed by atoms with Gasteiger partial charge in [-0.15, -0.1) is 0 Å². The average molecular weight is 1760 g/mol. The fraction of sp³-hybridized carbons (Fsp3) is 0.281. The van der Waals surface area contributed by atoms with Crippen molar-refractivity contribution >= 4 is 118 Å². The lowest BCUT2D eigenvalue weighted by Gasteiger charge is -2.25. The molecule has 120 heavy (non-hydrogen) atoms. The molecule has 21 nitrogen and oxygen atoms in total. The standard InChI is InChI=1S/C20H18F2O4S.C18H15ClN2O2S.C17H12F2O4S.C17H22O5S.C17H22O4S/c1-4-20(2)18(12-5-8-14(9-6-12)27(3,24)25)17(19(23)26-20)13-7-10-15(21)16(22)11-13;1-12-3-4-14(10-20-12)18-17(9-15(19)11-21-18)13-5-7-16(8-6-13)24(2,22)23;1-24(21,22)14-4-2-10(3-5-14)15-9-23-17(20)16(15)11-6-12(18)8-13(19)7-11;1-6-17(4)14(15(16(18)22-17)21-11(2)3)12-7-9-13(10-8-12)23(5,19)20;1-11(2)10-14-15(17(3,4)21-16(14)18)12-6-8-13(9-7-12)22(5,19)20/h5-11H,4H2,1-3H3;3-11H,1-2H3;2-8H,9H2,1H3;7-11H,6H2,1-5H3;6-9,11H,10H2,1-5H3/t20-;;;17-;/m1..0./s1. The molecule has 0 fully saturated rings. The summed E-state index contributed by atoms with van der Waals surface area (Å²) in [7, 11) is -16.4. The largest absolute Gasteiger partial charge is 0.484 e. The van der Waals surface area contributed by atoms with Gasteiger partial charge in [0.2, 0.25) is 5.76 Å². The molecule has 2 aromatic heterocycles. The van der Waals surface area contributed by atoms with Crippen molar-refractivity contribution in [3.05, 3.63) is 267 Å². The molecule has 9 aromatic rings. The minimum atomic E-state index is -3.37. The first kappa shape index (κ1) is 93.1. The Kier molecular flexibility index (Phi) is 28.5. The normalized spacial score (nSPS) is 17.3. The maximum Gasteiger partial charge on any atom is 0.374 e. The second kappa shape index (κ2) is 36.7. The maximum atomic E-state index is 13.7. The molecule has 0 saturated heterocycles. The number of hydrogen-bond donors (Lipinski definition) is 0. The molecule has 0 bridgehead atoms. The number of cyclic esters (lactones) is 4. The van der Waals surface area contributed by atoms with Crippen molar-refractivity contribution in [2.75, 3.05) is 37.9 Å². The van der Waals surface area contributed by atoms with Crippen LogP contribution in [0, 0.1) is 36.1 Å². The van der Waals surface area contributed by atoms with E-state index in [1.165, 1.54) is 67.1 Å². The van der Waals surface area contributed by atoms with E-state index in [1.54, 1.807) is 92.1 Å². The summed E-state index contributed by atoms with van der Waals surface area (Å²) in [6.07, 6.45) is 10.6. The SMILES string of the molecule is CC(C)CC1=C(c2ccc(S(C)(=O)=O)cc2)C(C)(C)OC1=O.CC[C@@]1(C)OC(=O)C(c2ccc(F)c(F)c2)=C1c1ccc(S(C)(=O)=O)cc1.CC[C@]1(C)OC(=O)C(OC(C)C)=C1c1ccc(S(C)(=O)=O)cc1.CS(=O)(=O)c1ccc(C2=C(c3cc(F)cc(F)c3)C(=O)OC2)cc1.Cc1ccc(-c2ncc(Cl)cc2-c2ccc(S(C)(=O)=O)cc2)cn1. The number of pyridine rings is 2. The van der Waals surface area contributed by atoms with Crippen molar-refractivity contribution in [2.45, 2.75) is 143 Å². The van der Waals surface area contributed by atoms with Gasteiger partial charge in [-0.1, -0.05) is 106 Å². The molecule has 4 aliphatic heterocycles. The van der Waals surface area contributed by atoms with E-state index in [0.717, 1.165) is 87.8 Å². The molecule has 13 rings (SSSR count). The number of nitrogens with zero attached hydrogens (tertiary/aromatic N) is 2. The molecule has 31 heteroatoms. The van der Waals surface area contributed by atoms with E-state index in [4.69, 9.17) is 35.3 Å². The third-order valence-corrected chi connectivity index (χ3v) is 25.4. The molecule has 4 aliphatic rings. The highest BCUT2D eigenvalue weighted by molar-refractivity contribution is 7.91. The molecule has 0 spiro atoms. The maximum absolute atomic E-state index is 13.7. The summed E-state index contributed by atoms with van der Waals surface area (Å²) in [5.74, 6) is -5.21. The molecular formula is C89H89ClF4N2O19S5. The molecule has 7 aromatic carbocycles. The van der Waals surface area contributed by atoms with E-state index in [0.29, 0.717) is 69.7 Å². The van der Waals surface area contributed by atoms with Crippen LogP contribution in [0.25, 0.3) is 55.8 Å². The molecule has 0 saturated carbocycles. The summed E-state index contributed by atoms with van der Waals surface area (Å²) in [6.45, 7) is 20.7. The summed E-state index contributed by atoms with van der Waals surface area (Å²) in [5.41, 5.74) is 8.12. The molecule has 634 valence electrons. The van der Waals surface area contributed by atoms with E-state index in [9.17, 15) is 78.8 Å². The third kappa shape index (κ3) is 22.2. The van der Waals surface area contributed by atoms with Gasteiger partial charge in [0.1, 0.15) is 35.0 Å². The Bertz CT molecular complexity index is 6220.